The lowest BCUT2D eigenvalue weighted by Crippen LogP contribution is -2.30. The molecule has 0 radical (unpaired) electrons. The summed E-state index contributed by atoms with van der Waals surface area (Å²) in [6.45, 7) is 0. The molecule has 2 aliphatic heterocycles. The molecule has 4 aliphatic carbocycles. The Morgan fingerprint density at radius 1 is 0.447 bits per heavy atom. The normalized spacial score (nSPS) is 30.0. The van der Waals surface area contributed by atoms with Crippen LogP contribution < -0.4 is 0 Å². The van der Waals surface area contributed by atoms with Crippen LogP contribution in [0.3, 0.4) is 0 Å². The first-order valence-corrected chi connectivity index (χ1v) is 19.9. The van der Waals surface area contributed by atoms with Gasteiger partial charge in [-0.25, -0.2) is 9.98 Å². The quantitative estimate of drug-likeness (QED) is 0.290. The number of nitrogens with zero attached hydrogens (tertiary/aromatic N) is 2. The fourth-order valence-electron chi connectivity index (χ4n) is 10.3. The van der Waals surface area contributed by atoms with E-state index in [0.717, 1.165) is 11.8 Å². The maximum absolute atomic E-state index is 6.92. The molecule has 47 heavy (non-hydrogen) atoms. The second kappa shape index (κ2) is 14.9. The van der Waals surface area contributed by atoms with Crippen LogP contribution >= 0.6 is 0 Å². The van der Waals surface area contributed by atoms with Gasteiger partial charge in [-0.3, -0.25) is 0 Å². The molecule has 4 fully saturated rings. The molecule has 6 aliphatic rings. The van der Waals surface area contributed by atoms with Gasteiger partial charge >= 0.3 is 0 Å². The van der Waals surface area contributed by atoms with Gasteiger partial charge in [-0.2, -0.15) is 0 Å². The summed E-state index contributed by atoms with van der Waals surface area (Å²) >= 11 is 0. The van der Waals surface area contributed by atoms with E-state index in [0.29, 0.717) is 30.1 Å². The van der Waals surface area contributed by atoms with E-state index in [1.165, 1.54) is 151 Å². The van der Waals surface area contributed by atoms with E-state index in [4.69, 9.17) is 19.5 Å². The minimum Gasteiger partial charge on any atom is -0.474 e. The lowest BCUT2D eigenvalue weighted by atomic mass is 9.80. The van der Waals surface area contributed by atoms with E-state index < -0.39 is 0 Å². The molecule has 0 bridgehead atoms. The summed E-state index contributed by atoms with van der Waals surface area (Å²) in [5.41, 5.74) is 5.74. The molecule has 4 heteroatoms. The van der Waals surface area contributed by atoms with E-state index >= 15 is 0 Å². The topological polar surface area (TPSA) is 43.2 Å². The van der Waals surface area contributed by atoms with Gasteiger partial charge in [0.2, 0.25) is 0 Å². The highest BCUT2D eigenvalue weighted by atomic mass is 16.5. The zero-order chi connectivity index (χ0) is 31.4. The Morgan fingerprint density at radius 3 is 1.21 bits per heavy atom. The lowest BCUT2D eigenvalue weighted by molar-refractivity contribution is 0.0897. The Hall–Kier alpha value is -2.62. The molecule has 0 N–H and O–H groups in total. The van der Waals surface area contributed by atoms with Crippen LogP contribution in [0.5, 0.6) is 0 Å². The number of ether oxygens (including phenoxy) is 2. The van der Waals surface area contributed by atoms with Crippen LogP contribution in [0, 0.1) is 11.8 Å². The van der Waals surface area contributed by atoms with Crippen molar-refractivity contribution in [3.8, 4) is 0 Å². The highest BCUT2D eigenvalue weighted by molar-refractivity contribution is 5.98. The first-order chi connectivity index (χ1) is 23.3. The predicted molar refractivity (Wildman–Crippen MR) is 192 cm³/mol. The third-order valence-corrected chi connectivity index (χ3v) is 12.9. The Labute approximate surface area is 284 Å². The average Bonchev–Trinajstić information content (AvgIpc) is 3.78. The van der Waals surface area contributed by atoms with Gasteiger partial charge in [-0.05, 0) is 97.3 Å². The van der Waals surface area contributed by atoms with E-state index in [1.807, 2.05) is 0 Å². The molecule has 8 rings (SSSR count). The highest BCUT2D eigenvalue weighted by Crippen LogP contribution is 2.44. The van der Waals surface area contributed by atoms with Gasteiger partial charge in [0, 0.05) is 0 Å². The van der Waals surface area contributed by atoms with E-state index in [-0.39, 0.29) is 24.3 Å². The fraction of sp³-hybridized carbons (Fsp3) is 0.674. The molecular formula is C43H58N2O2. The Bertz CT molecular complexity index is 1280. The zero-order valence-electron chi connectivity index (χ0n) is 28.8. The lowest BCUT2D eigenvalue weighted by Gasteiger charge is -2.31. The molecule has 2 heterocycles. The molecule has 4 saturated carbocycles. The summed E-state index contributed by atoms with van der Waals surface area (Å²) in [5.74, 6) is 4.26. The van der Waals surface area contributed by atoms with Gasteiger partial charge in [0.25, 0.3) is 0 Å². The SMILES string of the molecule is c1cc(C2CCCCC2)cc([C@H]2N=C(CC3=N[C@H](c4cccc(C5CCCCC5)c4)C(C4CCCCC4)O3)OC2C2CCCCC2)c1. The zero-order valence-corrected chi connectivity index (χ0v) is 28.8. The number of benzene rings is 2. The molecule has 0 amide bonds. The highest BCUT2D eigenvalue weighted by Gasteiger charge is 2.42. The van der Waals surface area contributed by atoms with Crippen LogP contribution in [0.4, 0.5) is 0 Å². The van der Waals surface area contributed by atoms with Crippen molar-refractivity contribution in [2.24, 2.45) is 21.8 Å². The van der Waals surface area contributed by atoms with Gasteiger partial charge in [0.05, 0.1) is 6.42 Å². The summed E-state index contributed by atoms with van der Waals surface area (Å²) in [4.78, 5) is 10.8. The predicted octanol–water partition coefficient (Wildman–Crippen LogP) is 11.7. The van der Waals surface area contributed by atoms with Crippen molar-refractivity contribution in [1.29, 1.82) is 0 Å². The maximum atomic E-state index is 6.92. The number of aliphatic imine (C=N–C) groups is 2. The van der Waals surface area contributed by atoms with Crippen molar-refractivity contribution in [3.05, 3.63) is 70.8 Å². The summed E-state index contributed by atoms with van der Waals surface area (Å²) in [6.07, 6.45) is 27.4. The van der Waals surface area contributed by atoms with Crippen LogP contribution in [-0.2, 0) is 9.47 Å². The van der Waals surface area contributed by atoms with Crippen LogP contribution in [-0.4, -0.2) is 24.0 Å². The minimum absolute atomic E-state index is 0.0794. The van der Waals surface area contributed by atoms with E-state index in [9.17, 15) is 0 Å². The molecule has 0 spiro atoms. The maximum Gasteiger partial charge on any atom is 0.193 e. The first kappa shape index (κ1) is 31.6. The molecule has 0 saturated heterocycles. The van der Waals surface area contributed by atoms with E-state index in [1.54, 1.807) is 0 Å². The summed E-state index contributed by atoms with van der Waals surface area (Å²) in [7, 11) is 0. The number of hydrogen-bond acceptors (Lipinski definition) is 4. The summed E-state index contributed by atoms with van der Waals surface area (Å²) < 4.78 is 13.8. The van der Waals surface area contributed by atoms with Crippen molar-refractivity contribution in [1.82, 2.24) is 0 Å². The largest absolute Gasteiger partial charge is 0.474 e. The fourth-order valence-corrected chi connectivity index (χ4v) is 10.3. The molecule has 2 aromatic carbocycles. The van der Waals surface area contributed by atoms with Crippen molar-refractivity contribution in [3.63, 3.8) is 0 Å². The average molecular weight is 635 g/mol. The molecule has 2 aromatic rings. The van der Waals surface area contributed by atoms with Gasteiger partial charge < -0.3 is 9.47 Å². The molecule has 0 aromatic heterocycles. The summed E-state index contributed by atoms with van der Waals surface area (Å²) in [5, 5.41) is 0. The standard InChI is InChI=1S/C43H58N2O2/c1-5-15-30(16-6-1)34-23-13-25-36(27-34)40-42(32-19-9-3-10-20-32)46-38(44-40)29-39-45-41(43(47-39)33-21-11-4-12-22-33)37-26-14-24-35(28-37)31-17-7-2-8-18-31/h13-14,23-28,30-33,40-43H,1-12,15-22,29H2/t40-,41-,42?,43?/m1/s1. The molecule has 4 atom stereocenters. The molecule has 2 unspecified atom stereocenters. The smallest absolute Gasteiger partial charge is 0.193 e. The second-order valence-electron chi connectivity index (χ2n) is 16.1. The van der Waals surface area contributed by atoms with Gasteiger partial charge in [-0.1, -0.05) is 126 Å². The molecule has 4 nitrogen and oxygen atoms in total. The second-order valence-corrected chi connectivity index (χ2v) is 16.1. The van der Waals surface area contributed by atoms with Crippen LogP contribution in [0.25, 0.3) is 0 Å². The van der Waals surface area contributed by atoms with Crippen molar-refractivity contribution < 1.29 is 9.47 Å². The van der Waals surface area contributed by atoms with Crippen LogP contribution in [0.15, 0.2) is 58.5 Å². The Kier molecular flexibility index (Phi) is 10.0. The first-order valence-electron chi connectivity index (χ1n) is 19.9. The van der Waals surface area contributed by atoms with Crippen LogP contribution in [0.2, 0.25) is 0 Å². The van der Waals surface area contributed by atoms with Gasteiger partial charge in [0.15, 0.2) is 11.8 Å². The van der Waals surface area contributed by atoms with Gasteiger partial charge in [-0.15, -0.1) is 0 Å². The van der Waals surface area contributed by atoms with Crippen molar-refractivity contribution in [2.45, 2.75) is 171 Å². The summed E-state index contributed by atoms with van der Waals surface area (Å²) in [6, 6.07) is 19.1. The number of rotatable bonds is 8. The van der Waals surface area contributed by atoms with Crippen molar-refractivity contribution in [2.75, 3.05) is 0 Å². The molecule has 252 valence electrons. The monoisotopic (exact) mass is 634 g/mol. The Morgan fingerprint density at radius 2 is 0.809 bits per heavy atom. The van der Waals surface area contributed by atoms with Crippen LogP contribution in [0.1, 0.15) is 181 Å². The third-order valence-electron chi connectivity index (χ3n) is 12.9. The van der Waals surface area contributed by atoms with E-state index in [2.05, 4.69) is 48.5 Å². The molecular weight excluding hydrogens is 576 g/mol. The van der Waals surface area contributed by atoms with Gasteiger partial charge in [0.1, 0.15) is 24.3 Å². The minimum atomic E-state index is 0.0794. The van der Waals surface area contributed by atoms with Crippen molar-refractivity contribution >= 4 is 11.8 Å². The Balaban J connectivity index is 1.06. The third kappa shape index (κ3) is 7.23. The number of hydrogen-bond donors (Lipinski definition) is 0.